The van der Waals surface area contributed by atoms with Crippen LogP contribution in [0, 0.1) is 5.92 Å². The van der Waals surface area contributed by atoms with Gasteiger partial charge in [0.05, 0.1) is 0 Å². The van der Waals surface area contributed by atoms with Gasteiger partial charge in [0.15, 0.2) is 11.5 Å². The number of amides is 2. The first kappa shape index (κ1) is 19.4. The van der Waals surface area contributed by atoms with Crippen molar-refractivity contribution in [3.63, 3.8) is 0 Å². The minimum absolute atomic E-state index is 0.0370. The molecule has 0 aromatic heterocycles. The lowest BCUT2D eigenvalue weighted by molar-refractivity contribution is -0.126. The summed E-state index contributed by atoms with van der Waals surface area (Å²) in [6.07, 6.45) is 1.34. The fourth-order valence-corrected chi connectivity index (χ4v) is 4.31. The smallest absolute Gasteiger partial charge is 0.254 e. The predicted octanol–water partition coefficient (Wildman–Crippen LogP) is 3.74. The first-order valence-corrected chi connectivity index (χ1v) is 10.6. The van der Waals surface area contributed by atoms with Gasteiger partial charge in [-0.2, -0.15) is 0 Å². The van der Waals surface area contributed by atoms with Crippen LogP contribution in [0.25, 0.3) is 10.8 Å². The van der Waals surface area contributed by atoms with Gasteiger partial charge in [-0.25, -0.2) is 0 Å². The second-order valence-corrected chi connectivity index (χ2v) is 8.00. The summed E-state index contributed by atoms with van der Waals surface area (Å²) in [6, 6.07) is 19.4. The van der Waals surface area contributed by atoms with Crippen molar-refractivity contribution in [3.05, 3.63) is 71.8 Å². The van der Waals surface area contributed by atoms with E-state index in [4.69, 9.17) is 9.47 Å². The predicted molar refractivity (Wildman–Crippen MR) is 117 cm³/mol. The number of hydrogen-bond donors (Lipinski definition) is 1. The number of nitrogens with one attached hydrogen (secondary N) is 1. The Morgan fingerprint density at radius 3 is 2.58 bits per heavy atom. The summed E-state index contributed by atoms with van der Waals surface area (Å²) >= 11 is 0. The van der Waals surface area contributed by atoms with Gasteiger partial charge in [-0.1, -0.05) is 42.5 Å². The first-order chi connectivity index (χ1) is 15.2. The van der Waals surface area contributed by atoms with E-state index >= 15 is 0 Å². The molecule has 0 radical (unpaired) electrons. The van der Waals surface area contributed by atoms with Gasteiger partial charge in [-0.05, 0) is 47.4 Å². The van der Waals surface area contributed by atoms with E-state index in [1.165, 1.54) is 0 Å². The molecule has 0 unspecified atom stereocenters. The van der Waals surface area contributed by atoms with E-state index in [2.05, 4.69) is 5.32 Å². The quantitative estimate of drug-likeness (QED) is 0.704. The Bertz CT molecular complexity index is 1130. The summed E-state index contributed by atoms with van der Waals surface area (Å²) in [7, 11) is 0. The van der Waals surface area contributed by atoms with E-state index in [1.54, 1.807) is 0 Å². The number of rotatable bonds is 4. The molecule has 1 fully saturated rings. The zero-order chi connectivity index (χ0) is 21.2. The van der Waals surface area contributed by atoms with Crippen LogP contribution in [0.5, 0.6) is 11.5 Å². The summed E-state index contributed by atoms with van der Waals surface area (Å²) in [6.45, 7) is 1.86. The Morgan fingerprint density at radius 1 is 0.935 bits per heavy atom. The molecule has 2 aliphatic heterocycles. The van der Waals surface area contributed by atoms with Crippen LogP contribution in [0.1, 0.15) is 28.8 Å². The Hall–Kier alpha value is -3.54. The molecule has 31 heavy (non-hydrogen) atoms. The number of nitrogens with zero attached hydrogens (tertiary/aromatic N) is 1. The zero-order valence-electron chi connectivity index (χ0n) is 17.2. The SMILES string of the molecule is O=C(NCc1ccc2c(c1)OCO2)C1CCN(C(=O)c2cccc3ccccc23)CC1. The number of hydrogen-bond acceptors (Lipinski definition) is 4. The lowest BCUT2D eigenvalue weighted by atomic mass is 9.94. The summed E-state index contributed by atoms with van der Waals surface area (Å²) in [5, 5.41) is 5.05. The Morgan fingerprint density at radius 2 is 1.71 bits per heavy atom. The van der Waals surface area contributed by atoms with Gasteiger partial charge >= 0.3 is 0 Å². The molecule has 2 amide bonds. The van der Waals surface area contributed by atoms with Gasteiger partial charge in [0.2, 0.25) is 12.7 Å². The van der Waals surface area contributed by atoms with Crippen molar-refractivity contribution in [1.82, 2.24) is 10.2 Å². The highest BCUT2D eigenvalue weighted by Crippen LogP contribution is 2.32. The molecule has 0 atom stereocenters. The third-order valence-electron chi connectivity index (χ3n) is 6.08. The summed E-state index contributed by atoms with van der Waals surface area (Å²) < 4.78 is 10.7. The van der Waals surface area contributed by atoms with Gasteiger partial charge in [0.1, 0.15) is 0 Å². The normalized spacial score (nSPS) is 15.8. The number of carbonyl (C=O) groups excluding carboxylic acids is 2. The molecule has 1 N–H and O–H groups in total. The van der Waals surface area contributed by atoms with Gasteiger partial charge in [-0.3, -0.25) is 9.59 Å². The number of likely N-dealkylation sites (tertiary alicyclic amines) is 1. The monoisotopic (exact) mass is 416 g/mol. The van der Waals surface area contributed by atoms with Gasteiger partial charge in [0.25, 0.3) is 5.91 Å². The molecule has 3 aromatic carbocycles. The van der Waals surface area contributed by atoms with E-state index in [0.29, 0.717) is 38.2 Å². The average molecular weight is 416 g/mol. The maximum Gasteiger partial charge on any atom is 0.254 e. The van der Waals surface area contributed by atoms with Crippen molar-refractivity contribution in [2.75, 3.05) is 19.9 Å². The number of fused-ring (bicyclic) bond motifs is 2. The van der Waals surface area contributed by atoms with Crippen LogP contribution in [0.4, 0.5) is 0 Å². The maximum atomic E-state index is 13.1. The molecule has 158 valence electrons. The lowest BCUT2D eigenvalue weighted by Crippen LogP contribution is -2.43. The maximum absolute atomic E-state index is 13.1. The van der Waals surface area contributed by atoms with Crippen LogP contribution in [0.15, 0.2) is 60.7 Å². The van der Waals surface area contributed by atoms with E-state index in [-0.39, 0.29) is 24.5 Å². The molecule has 3 aromatic rings. The fraction of sp³-hybridized carbons (Fsp3) is 0.280. The molecular formula is C25H24N2O4. The van der Waals surface area contributed by atoms with Crippen LogP contribution in [0.3, 0.4) is 0 Å². The molecule has 2 heterocycles. The molecule has 2 aliphatic rings. The second-order valence-electron chi connectivity index (χ2n) is 8.00. The number of ether oxygens (including phenoxy) is 2. The topological polar surface area (TPSA) is 67.9 Å². The van der Waals surface area contributed by atoms with Crippen molar-refractivity contribution in [1.29, 1.82) is 0 Å². The largest absolute Gasteiger partial charge is 0.454 e. The van der Waals surface area contributed by atoms with E-state index in [1.807, 2.05) is 65.6 Å². The van der Waals surface area contributed by atoms with E-state index in [0.717, 1.165) is 27.6 Å². The van der Waals surface area contributed by atoms with E-state index in [9.17, 15) is 9.59 Å². The number of carbonyl (C=O) groups is 2. The molecule has 6 heteroatoms. The number of piperidine rings is 1. The molecule has 0 saturated carbocycles. The minimum Gasteiger partial charge on any atom is -0.454 e. The summed E-state index contributed by atoms with van der Waals surface area (Å²) in [5.74, 6) is 1.45. The molecule has 1 saturated heterocycles. The average Bonchev–Trinajstić information content (AvgIpc) is 3.30. The van der Waals surface area contributed by atoms with Crippen molar-refractivity contribution >= 4 is 22.6 Å². The van der Waals surface area contributed by atoms with E-state index < -0.39 is 0 Å². The van der Waals surface area contributed by atoms with Gasteiger partial charge in [-0.15, -0.1) is 0 Å². The van der Waals surface area contributed by atoms with Crippen LogP contribution < -0.4 is 14.8 Å². The lowest BCUT2D eigenvalue weighted by Gasteiger charge is -2.31. The Labute approximate surface area is 180 Å². The summed E-state index contributed by atoms with van der Waals surface area (Å²) in [5.41, 5.74) is 1.70. The highest BCUT2D eigenvalue weighted by atomic mass is 16.7. The summed E-state index contributed by atoms with van der Waals surface area (Å²) in [4.78, 5) is 27.6. The first-order valence-electron chi connectivity index (χ1n) is 10.6. The van der Waals surface area contributed by atoms with Crippen molar-refractivity contribution < 1.29 is 19.1 Å². The molecule has 5 rings (SSSR count). The Kier molecular flexibility index (Phi) is 5.20. The Balaban J connectivity index is 1.17. The van der Waals surface area contributed by atoms with Crippen molar-refractivity contribution in [2.45, 2.75) is 19.4 Å². The van der Waals surface area contributed by atoms with Crippen LogP contribution >= 0.6 is 0 Å². The third kappa shape index (κ3) is 3.93. The standard InChI is InChI=1S/C25H24N2O4/c28-24(26-15-17-8-9-22-23(14-17)31-16-30-22)19-10-12-27(13-11-19)25(29)21-7-3-5-18-4-1-2-6-20(18)21/h1-9,14,19H,10-13,15-16H2,(H,26,28). The highest BCUT2D eigenvalue weighted by Gasteiger charge is 2.28. The zero-order valence-corrected chi connectivity index (χ0v) is 17.2. The molecular weight excluding hydrogens is 392 g/mol. The second kappa shape index (κ2) is 8.30. The van der Waals surface area contributed by atoms with Crippen molar-refractivity contribution in [2.24, 2.45) is 5.92 Å². The van der Waals surface area contributed by atoms with Gasteiger partial charge < -0.3 is 19.7 Å². The molecule has 0 aliphatic carbocycles. The molecule has 0 spiro atoms. The van der Waals surface area contributed by atoms with Crippen LogP contribution in [-0.2, 0) is 11.3 Å². The van der Waals surface area contributed by atoms with Crippen molar-refractivity contribution in [3.8, 4) is 11.5 Å². The van der Waals surface area contributed by atoms with Crippen LogP contribution in [0.2, 0.25) is 0 Å². The number of benzene rings is 3. The van der Waals surface area contributed by atoms with Crippen LogP contribution in [-0.4, -0.2) is 36.6 Å². The van der Waals surface area contributed by atoms with Gasteiger partial charge in [0, 0.05) is 31.1 Å². The third-order valence-corrected chi connectivity index (χ3v) is 6.08. The minimum atomic E-state index is -0.0782. The molecule has 0 bridgehead atoms. The fourth-order valence-electron chi connectivity index (χ4n) is 4.31. The molecule has 6 nitrogen and oxygen atoms in total. The highest BCUT2D eigenvalue weighted by molar-refractivity contribution is 6.07.